The summed E-state index contributed by atoms with van der Waals surface area (Å²) in [5.41, 5.74) is 11.3. The van der Waals surface area contributed by atoms with Crippen LogP contribution in [0.3, 0.4) is 0 Å². The van der Waals surface area contributed by atoms with Crippen LogP contribution in [0.25, 0.3) is 0 Å². The fourth-order valence-electron chi connectivity index (χ4n) is 0.931. The van der Waals surface area contributed by atoms with Gasteiger partial charge in [-0.25, -0.2) is 15.0 Å². The molecule has 4 N–H and O–H groups in total. The Morgan fingerprint density at radius 1 is 0.923 bits per heavy atom. The Labute approximate surface area is 77.6 Å². The molecule has 0 radical (unpaired) electrons. The van der Waals surface area contributed by atoms with E-state index < -0.39 is 0 Å². The molecule has 2 unspecified atom stereocenters. The van der Waals surface area contributed by atoms with Gasteiger partial charge in [0.25, 0.3) is 0 Å². The highest BCUT2D eigenvalue weighted by atomic mass is 15.1. The molecule has 0 aliphatic rings. The van der Waals surface area contributed by atoms with Crippen LogP contribution < -0.4 is 11.5 Å². The molecule has 0 amide bonds. The number of aromatic nitrogens is 3. The average molecular weight is 181 g/mol. The first kappa shape index (κ1) is 10.0. The van der Waals surface area contributed by atoms with E-state index in [0.29, 0.717) is 17.5 Å². The van der Waals surface area contributed by atoms with Crippen molar-refractivity contribution in [3.63, 3.8) is 0 Å². The topological polar surface area (TPSA) is 90.7 Å². The van der Waals surface area contributed by atoms with Crippen molar-refractivity contribution in [1.29, 1.82) is 0 Å². The molecular formula is C8H15N5. The summed E-state index contributed by atoms with van der Waals surface area (Å²) >= 11 is 0. The third-order valence-electron chi connectivity index (χ3n) is 1.60. The number of nitrogens with zero attached hydrogens (tertiary/aromatic N) is 3. The maximum absolute atomic E-state index is 5.66. The summed E-state index contributed by atoms with van der Waals surface area (Å²) in [5.74, 6) is 1.86. The van der Waals surface area contributed by atoms with E-state index in [1.165, 1.54) is 0 Å². The van der Waals surface area contributed by atoms with Crippen molar-refractivity contribution >= 4 is 0 Å². The van der Waals surface area contributed by atoms with Gasteiger partial charge in [-0.15, -0.1) is 0 Å². The Hall–Kier alpha value is -1.07. The monoisotopic (exact) mass is 181 g/mol. The summed E-state index contributed by atoms with van der Waals surface area (Å²) in [6.07, 6.45) is 0. The molecule has 2 atom stereocenters. The maximum Gasteiger partial charge on any atom is 0.149 e. The highest BCUT2D eigenvalue weighted by Crippen LogP contribution is 2.07. The molecular weight excluding hydrogens is 166 g/mol. The van der Waals surface area contributed by atoms with Crippen LogP contribution in [0.1, 0.15) is 43.4 Å². The van der Waals surface area contributed by atoms with Crippen LogP contribution in [0, 0.1) is 6.92 Å². The van der Waals surface area contributed by atoms with Crippen molar-refractivity contribution in [1.82, 2.24) is 15.0 Å². The molecule has 1 aromatic heterocycles. The second kappa shape index (κ2) is 3.76. The van der Waals surface area contributed by atoms with Gasteiger partial charge < -0.3 is 11.5 Å². The van der Waals surface area contributed by atoms with Gasteiger partial charge in [0.2, 0.25) is 0 Å². The summed E-state index contributed by atoms with van der Waals surface area (Å²) in [6, 6.07) is -0.363. The molecule has 13 heavy (non-hydrogen) atoms. The van der Waals surface area contributed by atoms with Crippen molar-refractivity contribution in [2.75, 3.05) is 0 Å². The van der Waals surface area contributed by atoms with E-state index in [0.717, 1.165) is 0 Å². The Kier molecular flexibility index (Phi) is 2.90. The second-order valence-corrected chi connectivity index (χ2v) is 3.18. The van der Waals surface area contributed by atoms with Crippen LogP contribution in [0.2, 0.25) is 0 Å². The van der Waals surface area contributed by atoms with Gasteiger partial charge in [-0.1, -0.05) is 0 Å². The summed E-state index contributed by atoms with van der Waals surface area (Å²) < 4.78 is 0. The van der Waals surface area contributed by atoms with Gasteiger partial charge in [0, 0.05) is 0 Å². The predicted molar refractivity (Wildman–Crippen MR) is 49.8 cm³/mol. The van der Waals surface area contributed by atoms with Crippen LogP contribution in [-0.2, 0) is 0 Å². The molecule has 0 saturated carbocycles. The van der Waals surface area contributed by atoms with Gasteiger partial charge in [-0.05, 0) is 20.8 Å². The average Bonchev–Trinajstić information content (AvgIpc) is 2.03. The van der Waals surface area contributed by atoms with Crippen LogP contribution >= 0.6 is 0 Å². The molecule has 0 saturated heterocycles. The Morgan fingerprint density at radius 3 is 1.62 bits per heavy atom. The molecule has 1 rings (SSSR count). The smallest absolute Gasteiger partial charge is 0.149 e. The number of nitrogens with two attached hydrogens (primary N) is 2. The van der Waals surface area contributed by atoms with Crippen molar-refractivity contribution in [2.24, 2.45) is 11.5 Å². The highest BCUT2D eigenvalue weighted by molar-refractivity contribution is 5.01. The minimum Gasteiger partial charge on any atom is -0.322 e. The van der Waals surface area contributed by atoms with E-state index in [9.17, 15) is 0 Å². The first-order valence-electron chi connectivity index (χ1n) is 4.24. The van der Waals surface area contributed by atoms with Gasteiger partial charge in [0.05, 0.1) is 12.1 Å². The van der Waals surface area contributed by atoms with Crippen LogP contribution in [0.15, 0.2) is 0 Å². The van der Waals surface area contributed by atoms with E-state index in [2.05, 4.69) is 15.0 Å². The van der Waals surface area contributed by atoms with Gasteiger partial charge in [0.15, 0.2) is 0 Å². The molecule has 1 heterocycles. The number of aryl methyl sites for hydroxylation is 1. The normalized spacial score (nSPS) is 15.5. The zero-order valence-corrected chi connectivity index (χ0v) is 8.15. The van der Waals surface area contributed by atoms with Crippen LogP contribution in [-0.4, -0.2) is 15.0 Å². The lowest BCUT2D eigenvalue weighted by molar-refractivity contribution is 0.655. The predicted octanol–water partition coefficient (Wildman–Crippen LogP) is 0.219. The summed E-state index contributed by atoms with van der Waals surface area (Å²) in [4.78, 5) is 12.4. The lowest BCUT2D eigenvalue weighted by Crippen LogP contribution is -2.17. The van der Waals surface area contributed by atoms with Crippen LogP contribution in [0.4, 0.5) is 0 Å². The molecule has 0 aromatic carbocycles. The van der Waals surface area contributed by atoms with Crippen molar-refractivity contribution in [2.45, 2.75) is 32.9 Å². The fourth-order valence-corrected chi connectivity index (χ4v) is 0.931. The van der Waals surface area contributed by atoms with Crippen molar-refractivity contribution in [3.8, 4) is 0 Å². The van der Waals surface area contributed by atoms with Gasteiger partial charge in [-0.3, -0.25) is 0 Å². The van der Waals surface area contributed by atoms with Crippen LogP contribution in [0.5, 0.6) is 0 Å². The summed E-state index contributed by atoms with van der Waals surface area (Å²) in [5, 5.41) is 0. The minimum absolute atomic E-state index is 0.181. The Balaban J connectivity index is 3.11. The summed E-state index contributed by atoms with van der Waals surface area (Å²) in [6.45, 7) is 5.47. The Morgan fingerprint density at radius 2 is 1.31 bits per heavy atom. The maximum atomic E-state index is 5.66. The molecule has 0 spiro atoms. The first-order chi connectivity index (χ1) is 6.00. The fraction of sp³-hybridized carbons (Fsp3) is 0.625. The number of hydrogen-bond acceptors (Lipinski definition) is 5. The molecule has 1 aromatic rings. The van der Waals surface area contributed by atoms with Gasteiger partial charge in [0.1, 0.15) is 17.5 Å². The lowest BCUT2D eigenvalue weighted by Gasteiger charge is -2.08. The van der Waals surface area contributed by atoms with Crippen molar-refractivity contribution < 1.29 is 0 Å². The van der Waals surface area contributed by atoms with E-state index in [1.54, 1.807) is 6.92 Å². The van der Waals surface area contributed by atoms with E-state index in [4.69, 9.17) is 11.5 Å². The molecule has 0 aliphatic heterocycles. The molecule has 0 aliphatic carbocycles. The van der Waals surface area contributed by atoms with Gasteiger partial charge >= 0.3 is 0 Å². The SMILES string of the molecule is Cc1nc(C(C)N)nc(C(C)N)n1. The zero-order valence-electron chi connectivity index (χ0n) is 8.15. The second-order valence-electron chi connectivity index (χ2n) is 3.18. The van der Waals surface area contributed by atoms with E-state index >= 15 is 0 Å². The summed E-state index contributed by atoms with van der Waals surface area (Å²) in [7, 11) is 0. The molecule has 0 bridgehead atoms. The molecule has 5 heteroatoms. The minimum atomic E-state index is -0.181. The van der Waals surface area contributed by atoms with E-state index in [-0.39, 0.29) is 12.1 Å². The third kappa shape index (κ3) is 2.43. The third-order valence-corrected chi connectivity index (χ3v) is 1.60. The van der Waals surface area contributed by atoms with Gasteiger partial charge in [-0.2, -0.15) is 0 Å². The highest BCUT2D eigenvalue weighted by Gasteiger charge is 2.09. The molecule has 5 nitrogen and oxygen atoms in total. The molecule has 72 valence electrons. The lowest BCUT2D eigenvalue weighted by atomic mass is 10.3. The number of rotatable bonds is 2. The zero-order chi connectivity index (χ0) is 10.0. The quantitative estimate of drug-likeness (QED) is 0.681. The van der Waals surface area contributed by atoms with E-state index in [1.807, 2.05) is 13.8 Å². The largest absolute Gasteiger partial charge is 0.322 e. The van der Waals surface area contributed by atoms with Crippen molar-refractivity contribution in [3.05, 3.63) is 17.5 Å². The Bertz CT molecular complexity index is 268. The first-order valence-corrected chi connectivity index (χ1v) is 4.24. The standard InChI is InChI=1S/C8H15N5/c1-4(9)7-11-6(3)12-8(13-7)5(2)10/h4-5H,9-10H2,1-3H3. The molecule has 0 fully saturated rings. The number of hydrogen-bond donors (Lipinski definition) is 2.